The molecule has 0 unspecified atom stereocenters. The lowest BCUT2D eigenvalue weighted by atomic mass is 9.87. The predicted octanol–water partition coefficient (Wildman–Crippen LogP) is 5.29. The fourth-order valence-corrected chi connectivity index (χ4v) is 3.62. The van der Waals surface area contributed by atoms with E-state index >= 15 is 0 Å². The van der Waals surface area contributed by atoms with Crippen molar-refractivity contribution < 1.29 is 4.74 Å². The topological polar surface area (TPSA) is 39.9 Å². The van der Waals surface area contributed by atoms with Gasteiger partial charge < -0.3 is 9.30 Å². The highest BCUT2D eigenvalue weighted by molar-refractivity contribution is 7.98. The molecule has 0 spiro atoms. The van der Waals surface area contributed by atoms with E-state index in [9.17, 15) is 0 Å². The average Bonchev–Trinajstić information content (AvgIpc) is 2.98. The van der Waals surface area contributed by atoms with Crippen molar-refractivity contribution in [2.45, 2.75) is 50.6 Å². The summed E-state index contributed by atoms with van der Waals surface area (Å²) < 4.78 is 7.90. The molecular weight excluding hydrogens is 354 g/mol. The van der Waals surface area contributed by atoms with Crippen LogP contribution in [0.1, 0.15) is 43.3 Å². The van der Waals surface area contributed by atoms with Gasteiger partial charge in [-0.25, -0.2) is 0 Å². The van der Waals surface area contributed by atoms with Crippen molar-refractivity contribution in [3.63, 3.8) is 0 Å². The molecule has 0 saturated carbocycles. The molecule has 0 atom stereocenters. The number of hydrogen-bond donors (Lipinski definition) is 0. The van der Waals surface area contributed by atoms with Crippen molar-refractivity contribution in [3.05, 3.63) is 71.0 Å². The summed E-state index contributed by atoms with van der Waals surface area (Å²) in [6, 6.07) is 16.8. The van der Waals surface area contributed by atoms with Gasteiger partial charge in [-0.05, 0) is 35.6 Å². The lowest BCUT2D eigenvalue weighted by Gasteiger charge is -2.19. The highest BCUT2D eigenvalue weighted by Gasteiger charge is 2.14. The van der Waals surface area contributed by atoms with Gasteiger partial charge in [0.15, 0.2) is 11.0 Å². The Morgan fingerprint density at radius 2 is 1.78 bits per heavy atom. The fourth-order valence-electron chi connectivity index (χ4n) is 2.75. The number of thioether (sulfide) groups is 1. The van der Waals surface area contributed by atoms with Crippen LogP contribution in [0.15, 0.2) is 53.7 Å². The van der Waals surface area contributed by atoms with Crippen LogP contribution in [0.3, 0.4) is 0 Å². The predicted molar refractivity (Wildman–Crippen MR) is 111 cm³/mol. The molecule has 0 aliphatic heterocycles. The molecule has 0 aliphatic carbocycles. The zero-order chi connectivity index (χ0) is 19.4. The first-order valence-corrected chi connectivity index (χ1v) is 10.1. The first-order chi connectivity index (χ1) is 12.8. The molecule has 0 bridgehead atoms. The maximum atomic E-state index is 5.90. The number of hydrogen-bond acceptors (Lipinski definition) is 4. The minimum atomic E-state index is 0.144. The summed E-state index contributed by atoms with van der Waals surface area (Å²) >= 11 is 1.69. The monoisotopic (exact) mass is 381 g/mol. The van der Waals surface area contributed by atoms with Crippen LogP contribution in [-0.4, -0.2) is 14.8 Å². The SMILES string of the molecule is Cc1cccc(CSc2nnc(COc3ccc(C(C)(C)C)cc3)n2C)c1. The fraction of sp³-hybridized carbons (Fsp3) is 0.364. The molecule has 5 heteroatoms. The molecule has 0 radical (unpaired) electrons. The van der Waals surface area contributed by atoms with Gasteiger partial charge in [-0.2, -0.15) is 0 Å². The van der Waals surface area contributed by atoms with Gasteiger partial charge in [-0.1, -0.05) is 74.5 Å². The molecule has 0 fully saturated rings. The van der Waals surface area contributed by atoms with Crippen LogP contribution in [0.2, 0.25) is 0 Å². The third kappa shape index (κ3) is 5.13. The highest BCUT2D eigenvalue weighted by Crippen LogP contribution is 2.25. The summed E-state index contributed by atoms with van der Waals surface area (Å²) in [5.41, 5.74) is 4.01. The summed E-state index contributed by atoms with van der Waals surface area (Å²) in [5.74, 6) is 2.55. The third-order valence-electron chi connectivity index (χ3n) is 4.46. The molecule has 1 heterocycles. The van der Waals surface area contributed by atoms with Crippen molar-refractivity contribution in [1.82, 2.24) is 14.8 Å². The summed E-state index contributed by atoms with van der Waals surface area (Å²) in [6.45, 7) is 9.14. The van der Waals surface area contributed by atoms with Crippen LogP contribution >= 0.6 is 11.8 Å². The number of benzene rings is 2. The van der Waals surface area contributed by atoms with Gasteiger partial charge in [-0.3, -0.25) is 0 Å². The number of ether oxygens (including phenoxy) is 1. The lowest BCUT2D eigenvalue weighted by molar-refractivity contribution is 0.290. The normalized spacial score (nSPS) is 11.6. The minimum Gasteiger partial charge on any atom is -0.486 e. The smallest absolute Gasteiger partial charge is 0.191 e. The Labute approximate surface area is 166 Å². The molecule has 4 nitrogen and oxygen atoms in total. The van der Waals surface area contributed by atoms with Crippen LogP contribution < -0.4 is 4.74 Å². The average molecular weight is 382 g/mol. The van der Waals surface area contributed by atoms with Gasteiger partial charge in [0.05, 0.1) is 0 Å². The van der Waals surface area contributed by atoms with Gasteiger partial charge in [0, 0.05) is 12.8 Å². The van der Waals surface area contributed by atoms with Gasteiger partial charge in [0.2, 0.25) is 0 Å². The van der Waals surface area contributed by atoms with Crippen LogP contribution in [-0.2, 0) is 24.8 Å². The lowest BCUT2D eigenvalue weighted by Crippen LogP contribution is -2.10. The molecule has 0 saturated heterocycles. The molecule has 3 rings (SSSR count). The number of aryl methyl sites for hydroxylation is 1. The van der Waals surface area contributed by atoms with Gasteiger partial charge >= 0.3 is 0 Å². The van der Waals surface area contributed by atoms with Gasteiger partial charge in [0.25, 0.3) is 0 Å². The Kier molecular flexibility index (Phi) is 5.90. The Hall–Kier alpha value is -2.27. The van der Waals surface area contributed by atoms with Crippen LogP contribution in [0, 0.1) is 6.92 Å². The quantitative estimate of drug-likeness (QED) is 0.544. The molecule has 1 aromatic heterocycles. The second-order valence-corrected chi connectivity index (χ2v) is 8.74. The van der Waals surface area contributed by atoms with E-state index in [1.807, 2.05) is 23.7 Å². The number of aromatic nitrogens is 3. The van der Waals surface area contributed by atoms with Crippen LogP contribution in [0.25, 0.3) is 0 Å². The maximum absolute atomic E-state index is 5.90. The zero-order valence-electron chi connectivity index (χ0n) is 16.7. The van der Waals surface area contributed by atoms with Crippen LogP contribution in [0.5, 0.6) is 5.75 Å². The van der Waals surface area contributed by atoms with E-state index in [1.54, 1.807) is 11.8 Å². The highest BCUT2D eigenvalue weighted by atomic mass is 32.2. The van der Waals surface area contributed by atoms with E-state index in [-0.39, 0.29) is 5.41 Å². The summed E-state index contributed by atoms with van der Waals surface area (Å²) in [7, 11) is 1.99. The largest absolute Gasteiger partial charge is 0.486 e. The van der Waals surface area contributed by atoms with E-state index in [0.717, 1.165) is 22.5 Å². The Bertz CT molecular complexity index is 895. The zero-order valence-corrected chi connectivity index (χ0v) is 17.5. The van der Waals surface area contributed by atoms with E-state index < -0.39 is 0 Å². The number of nitrogens with zero attached hydrogens (tertiary/aromatic N) is 3. The first-order valence-electron chi connectivity index (χ1n) is 9.13. The second kappa shape index (κ2) is 8.17. The molecular formula is C22H27N3OS. The molecule has 142 valence electrons. The Balaban J connectivity index is 1.58. The molecule has 0 aliphatic rings. The molecule has 27 heavy (non-hydrogen) atoms. The van der Waals surface area contributed by atoms with E-state index in [2.05, 4.69) is 74.3 Å². The summed E-state index contributed by atoms with van der Waals surface area (Å²) in [4.78, 5) is 0. The van der Waals surface area contributed by atoms with Gasteiger partial charge in [0.1, 0.15) is 12.4 Å². The second-order valence-electron chi connectivity index (χ2n) is 7.80. The Morgan fingerprint density at radius 1 is 1.04 bits per heavy atom. The molecule has 0 N–H and O–H groups in total. The number of rotatable bonds is 6. The van der Waals surface area contributed by atoms with Crippen molar-refractivity contribution in [2.24, 2.45) is 7.05 Å². The van der Waals surface area contributed by atoms with E-state index in [1.165, 1.54) is 16.7 Å². The summed E-state index contributed by atoms with van der Waals surface area (Å²) in [5, 5.41) is 9.49. The van der Waals surface area contributed by atoms with E-state index in [0.29, 0.717) is 6.61 Å². The van der Waals surface area contributed by atoms with Crippen LogP contribution in [0.4, 0.5) is 0 Å². The van der Waals surface area contributed by atoms with Crippen molar-refractivity contribution >= 4 is 11.8 Å². The maximum Gasteiger partial charge on any atom is 0.191 e. The van der Waals surface area contributed by atoms with Crippen molar-refractivity contribution in [3.8, 4) is 5.75 Å². The van der Waals surface area contributed by atoms with Crippen molar-refractivity contribution in [2.75, 3.05) is 0 Å². The van der Waals surface area contributed by atoms with Crippen molar-refractivity contribution in [1.29, 1.82) is 0 Å². The molecule has 2 aromatic carbocycles. The minimum absolute atomic E-state index is 0.144. The molecule has 0 amide bonds. The summed E-state index contributed by atoms with van der Waals surface area (Å²) in [6.07, 6.45) is 0. The Morgan fingerprint density at radius 3 is 2.44 bits per heavy atom. The van der Waals surface area contributed by atoms with Gasteiger partial charge in [-0.15, -0.1) is 10.2 Å². The van der Waals surface area contributed by atoms with E-state index in [4.69, 9.17) is 4.74 Å². The molecule has 3 aromatic rings. The third-order valence-corrected chi connectivity index (χ3v) is 5.56. The standard InChI is InChI=1S/C22H27N3OS/c1-16-7-6-8-17(13-16)15-27-21-24-23-20(25(21)5)14-26-19-11-9-18(10-12-19)22(2,3)4/h6-13H,14-15H2,1-5H3. The first kappa shape index (κ1) is 19.5.